The molecule has 0 aromatic heterocycles. The minimum atomic E-state index is -1.17. The second-order valence-corrected chi connectivity index (χ2v) is 2.69. The molecule has 0 fully saturated rings. The van der Waals surface area contributed by atoms with Crippen LogP contribution in [0.15, 0.2) is 18.2 Å². The van der Waals surface area contributed by atoms with Crippen molar-refractivity contribution in [2.45, 2.75) is 0 Å². The van der Waals surface area contributed by atoms with Gasteiger partial charge in [-0.25, -0.2) is 8.78 Å². The van der Waals surface area contributed by atoms with Crippen LogP contribution in [0.4, 0.5) is 18.9 Å². The van der Waals surface area contributed by atoms with E-state index < -0.39 is 17.3 Å². The molecule has 0 aliphatic rings. The van der Waals surface area contributed by atoms with Gasteiger partial charge in [-0.2, -0.15) is 0 Å². The molecule has 66 valence electrons. The summed E-state index contributed by atoms with van der Waals surface area (Å²) in [4.78, 5) is 0. The third-order valence-corrected chi connectivity index (χ3v) is 1.80. The highest BCUT2D eigenvalue weighted by Gasteiger charge is 2.13. The number of benzene rings is 1. The highest BCUT2D eigenvalue weighted by atomic mass is 32.2. The van der Waals surface area contributed by atoms with Crippen LogP contribution in [0.5, 0.6) is 0 Å². The Bertz CT molecular complexity index is 279. The smallest absolute Gasteiger partial charge is 0.185 e. The van der Waals surface area contributed by atoms with Gasteiger partial charge in [-0.05, 0) is 24.1 Å². The zero-order valence-corrected chi connectivity index (χ0v) is 7.04. The first-order valence-corrected chi connectivity index (χ1v) is 4.29. The summed E-state index contributed by atoms with van der Waals surface area (Å²) in [5.41, 5.74) is -0.400. The monoisotopic (exact) mass is 193 g/mol. The van der Waals surface area contributed by atoms with Gasteiger partial charge in [0.1, 0.15) is 5.69 Å². The van der Waals surface area contributed by atoms with Gasteiger partial charge in [-0.1, -0.05) is 10.5 Å². The number of anilines is 1. The molecule has 0 saturated carbocycles. The molecular formula is C7H6F3NS. The first kappa shape index (κ1) is 9.25. The summed E-state index contributed by atoms with van der Waals surface area (Å²) in [5, 5.41) is 0. The summed E-state index contributed by atoms with van der Waals surface area (Å²) in [7, 11) is 0. The van der Waals surface area contributed by atoms with Crippen LogP contribution in [-0.4, -0.2) is 6.26 Å². The van der Waals surface area contributed by atoms with Crippen molar-refractivity contribution in [3.63, 3.8) is 0 Å². The summed E-state index contributed by atoms with van der Waals surface area (Å²) in [6.07, 6.45) is 1.42. The van der Waals surface area contributed by atoms with Crippen LogP contribution >= 0.6 is 11.9 Å². The second kappa shape index (κ2) is 3.71. The third kappa shape index (κ3) is 1.66. The van der Waals surface area contributed by atoms with Crippen molar-refractivity contribution < 1.29 is 13.3 Å². The standard InChI is InChI=1S/C7H6F3NS/c1-12-11(10)6-4-2-3-5(8)7(6)9/h2-4H,1H3. The molecule has 0 N–H and O–H groups in total. The fourth-order valence-electron chi connectivity index (χ4n) is 0.727. The van der Waals surface area contributed by atoms with Crippen molar-refractivity contribution >= 4 is 17.6 Å². The van der Waals surface area contributed by atoms with Crippen LogP contribution in [0.3, 0.4) is 0 Å². The third-order valence-electron chi connectivity index (χ3n) is 1.28. The maximum absolute atomic E-state index is 12.8. The Kier molecular flexibility index (Phi) is 2.86. The SMILES string of the molecule is CSN(F)c1cccc(F)c1F. The van der Waals surface area contributed by atoms with Crippen molar-refractivity contribution in [1.29, 1.82) is 0 Å². The molecule has 12 heavy (non-hydrogen) atoms. The molecule has 0 radical (unpaired) electrons. The molecule has 1 aromatic rings. The molecule has 0 unspecified atom stereocenters. The molecule has 1 nitrogen and oxygen atoms in total. The number of hydrogen-bond acceptors (Lipinski definition) is 2. The summed E-state index contributed by atoms with van der Waals surface area (Å²) in [6.45, 7) is 0. The Morgan fingerprint density at radius 2 is 2.00 bits per heavy atom. The summed E-state index contributed by atoms with van der Waals surface area (Å²) >= 11 is 0.661. The Morgan fingerprint density at radius 1 is 1.33 bits per heavy atom. The Morgan fingerprint density at radius 3 is 2.58 bits per heavy atom. The highest BCUT2D eigenvalue weighted by molar-refractivity contribution is 7.99. The normalized spacial score (nSPS) is 10.0. The first-order chi connectivity index (χ1) is 5.66. The Labute approximate surface area is 72.2 Å². The molecular weight excluding hydrogens is 187 g/mol. The van der Waals surface area contributed by atoms with Crippen molar-refractivity contribution in [1.82, 2.24) is 0 Å². The fraction of sp³-hybridized carbons (Fsp3) is 0.143. The lowest BCUT2D eigenvalue weighted by Gasteiger charge is -2.09. The van der Waals surface area contributed by atoms with E-state index in [-0.39, 0.29) is 4.53 Å². The van der Waals surface area contributed by atoms with E-state index >= 15 is 0 Å². The molecule has 5 heteroatoms. The molecule has 1 rings (SSSR count). The predicted octanol–water partition coefficient (Wildman–Crippen LogP) is 2.93. The molecule has 0 heterocycles. The lowest BCUT2D eigenvalue weighted by atomic mass is 10.3. The van der Waals surface area contributed by atoms with Crippen LogP contribution < -0.4 is 4.53 Å². The van der Waals surface area contributed by atoms with E-state index in [2.05, 4.69) is 0 Å². The molecule has 0 aliphatic heterocycles. The van der Waals surface area contributed by atoms with Crippen molar-refractivity contribution in [3.8, 4) is 0 Å². The molecule has 0 atom stereocenters. The molecule has 0 aliphatic carbocycles. The average molecular weight is 193 g/mol. The lowest BCUT2D eigenvalue weighted by molar-refractivity contribution is 0.485. The van der Waals surface area contributed by atoms with Gasteiger partial charge in [0.25, 0.3) is 0 Å². The van der Waals surface area contributed by atoms with E-state index in [1.165, 1.54) is 12.3 Å². The zero-order valence-electron chi connectivity index (χ0n) is 6.22. The van der Waals surface area contributed by atoms with Gasteiger partial charge in [0.05, 0.1) is 0 Å². The average Bonchev–Trinajstić information content (AvgIpc) is 2.08. The molecule has 1 aromatic carbocycles. The Hall–Kier alpha value is -0.840. The Balaban J connectivity index is 3.07. The maximum Gasteiger partial charge on any atom is 0.185 e. The molecule has 0 amide bonds. The van der Waals surface area contributed by atoms with E-state index in [0.717, 1.165) is 12.1 Å². The van der Waals surface area contributed by atoms with Crippen LogP contribution in [0.2, 0.25) is 0 Å². The number of halogens is 3. The number of nitrogens with zero attached hydrogens (tertiary/aromatic N) is 1. The fourth-order valence-corrected chi connectivity index (χ4v) is 1.06. The quantitative estimate of drug-likeness (QED) is 0.524. The second-order valence-electron chi connectivity index (χ2n) is 2.00. The van der Waals surface area contributed by atoms with Crippen molar-refractivity contribution in [2.75, 3.05) is 10.8 Å². The largest absolute Gasteiger partial charge is 0.204 e. The van der Waals surface area contributed by atoms with Crippen molar-refractivity contribution in [3.05, 3.63) is 29.8 Å². The topological polar surface area (TPSA) is 3.24 Å². The van der Waals surface area contributed by atoms with E-state index in [4.69, 9.17) is 0 Å². The van der Waals surface area contributed by atoms with E-state index in [1.807, 2.05) is 0 Å². The minimum Gasteiger partial charge on any atom is -0.204 e. The summed E-state index contributed by atoms with van der Waals surface area (Å²) in [5.74, 6) is -2.22. The van der Waals surface area contributed by atoms with Gasteiger partial charge < -0.3 is 0 Å². The molecule has 0 saturated heterocycles. The number of hydrogen-bond donors (Lipinski definition) is 0. The maximum atomic E-state index is 12.8. The van der Waals surface area contributed by atoms with Crippen LogP contribution in [-0.2, 0) is 0 Å². The van der Waals surface area contributed by atoms with Crippen LogP contribution in [0, 0.1) is 11.6 Å². The van der Waals surface area contributed by atoms with Gasteiger partial charge >= 0.3 is 0 Å². The van der Waals surface area contributed by atoms with Crippen LogP contribution in [0.1, 0.15) is 0 Å². The van der Waals surface area contributed by atoms with Gasteiger partial charge in [-0.15, -0.1) is 4.53 Å². The van der Waals surface area contributed by atoms with Crippen LogP contribution in [0.25, 0.3) is 0 Å². The number of rotatable bonds is 2. The minimum absolute atomic E-state index is 0.0679. The zero-order chi connectivity index (χ0) is 9.14. The van der Waals surface area contributed by atoms with E-state index in [9.17, 15) is 13.3 Å². The van der Waals surface area contributed by atoms with Gasteiger partial charge in [0.15, 0.2) is 11.6 Å². The van der Waals surface area contributed by atoms with Gasteiger partial charge in [0, 0.05) is 6.26 Å². The first-order valence-electron chi connectivity index (χ1n) is 3.11. The molecule has 0 bridgehead atoms. The molecule has 0 spiro atoms. The summed E-state index contributed by atoms with van der Waals surface area (Å²) < 4.78 is 38.0. The van der Waals surface area contributed by atoms with E-state index in [0.29, 0.717) is 11.9 Å². The van der Waals surface area contributed by atoms with Gasteiger partial charge in [-0.3, -0.25) is 0 Å². The van der Waals surface area contributed by atoms with Gasteiger partial charge in [0.2, 0.25) is 0 Å². The summed E-state index contributed by atoms with van der Waals surface area (Å²) in [6, 6.07) is 3.35. The predicted molar refractivity (Wildman–Crippen MR) is 43.5 cm³/mol. The highest BCUT2D eigenvalue weighted by Crippen LogP contribution is 2.25. The van der Waals surface area contributed by atoms with E-state index in [1.54, 1.807) is 0 Å². The van der Waals surface area contributed by atoms with Crippen molar-refractivity contribution in [2.24, 2.45) is 0 Å². The lowest BCUT2D eigenvalue weighted by Crippen LogP contribution is -2.02.